The zero-order valence-corrected chi connectivity index (χ0v) is 6.56. The number of hydrogen-bond acceptors (Lipinski definition) is 0. The summed E-state index contributed by atoms with van der Waals surface area (Å²) < 4.78 is 1.10. The molecule has 9 heavy (non-hydrogen) atoms. The van der Waals surface area contributed by atoms with Crippen molar-refractivity contribution in [1.82, 2.24) is 0 Å². The molecule has 1 heteroatoms. The fourth-order valence-corrected chi connectivity index (χ4v) is 1.05. The fraction of sp³-hybridized carbons (Fsp3) is 0. The van der Waals surface area contributed by atoms with E-state index in [1.54, 1.807) is 0 Å². The third kappa shape index (κ3) is 1.68. The van der Waals surface area contributed by atoms with Crippen LogP contribution < -0.4 is 0 Å². The van der Waals surface area contributed by atoms with Crippen LogP contribution in [0.5, 0.6) is 0 Å². The van der Waals surface area contributed by atoms with E-state index in [1.165, 1.54) is 0 Å². The lowest BCUT2D eigenvalue weighted by atomic mass is 10.2. The summed E-state index contributed by atoms with van der Waals surface area (Å²) in [7, 11) is 0. The van der Waals surface area contributed by atoms with Gasteiger partial charge >= 0.3 is 0 Å². The van der Waals surface area contributed by atoms with E-state index in [2.05, 4.69) is 22.5 Å². The second-order valence-corrected chi connectivity index (χ2v) is 2.67. The van der Waals surface area contributed by atoms with Crippen molar-refractivity contribution in [1.29, 1.82) is 0 Å². The van der Waals surface area contributed by atoms with Gasteiger partial charge in [0.25, 0.3) is 0 Å². The van der Waals surface area contributed by atoms with Crippen molar-refractivity contribution < 1.29 is 0 Å². The second-order valence-electron chi connectivity index (χ2n) is 1.76. The standard InChI is InChI=1S/C8H7Br/c1-2-7-4-3-5-8(9)6-7/h2-6H,1H2. The molecular weight excluding hydrogens is 176 g/mol. The SMILES string of the molecule is C=Cc1cccc(Br)c1. The molecule has 0 nitrogen and oxygen atoms in total. The molecule has 0 heterocycles. The lowest BCUT2D eigenvalue weighted by Crippen LogP contribution is -1.68. The average molecular weight is 183 g/mol. The molecule has 1 aromatic rings. The van der Waals surface area contributed by atoms with Crippen LogP contribution in [0.15, 0.2) is 35.3 Å². The van der Waals surface area contributed by atoms with E-state index in [4.69, 9.17) is 0 Å². The largest absolute Gasteiger partial charge is 0.0985 e. The normalized spacial score (nSPS) is 9.00. The maximum Gasteiger partial charge on any atom is 0.0181 e. The van der Waals surface area contributed by atoms with E-state index in [-0.39, 0.29) is 0 Å². The molecular formula is C8H7Br. The van der Waals surface area contributed by atoms with Crippen LogP contribution >= 0.6 is 15.9 Å². The van der Waals surface area contributed by atoms with Gasteiger partial charge in [-0.1, -0.05) is 40.7 Å². The van der Waals surface area contributed by atoms with Gasteiger partial charge in [0.05, 0.1) is 0 Å². The van der Waals surface area contributed by atoms with Gasteiger partial charge in [0.15, 0.2) is 0 Å². The molecule has 1 aromatic carbocycles. The minimum atomic E-state index is 1.10. The van der Waals surface area contributed by atoms with E-state index < -0.39 is 0 Å². The van der Waals surface area contributed by atoms with Crippen LogP contribution in [-0.2, 0) is 0 Å². The molecule has 0 aromatic heterocycles. The Kier molecular flexibility index (Phi) is 2.06. The summed E-state index contributed by atoms with van der Waals surface area (Å²) >= 11 is 3.36. The minimum absolute atomic E-state index is 1.10. The highest BCUT2D eigenvalue weighted by molar-refractivity contribution is 9.10. The summed E-state index contributed by atoms with van der Waals surface area (Å²) in [4.78, 5) is 0. The summed E-state index contributed by atoms with van der Waals surface area (Å²) in [5.41, 5.74) is 1.14. The summed E-state index contributed by atoms with van der Waals surface area (Å²) in [5.74, 6) is 0. The molecule has 0 spiro atoms. The average Bonchev–Trinajstić information content (AvgIpc) is 1.88. The smallest absolute Gasteiger partial charge is 0.0181 e. The molecule has 0 radical (unpaired) electrons. The highest BCUT2D eigenvalue weighted by atomic mass is 79.9. The zero-order chi connectivity index (χ0) is 6.69. The van der Waals surface area contributed by atoms with Gasteiger partial charge in [-0.3, -0.25) is 0 Å². The van der Waals surface area contributed by atoms with E-state index in [1.807, 2.05) is 30.3 Å². The predicted octanol–water partition coefficient (Wildman–Crippen LogP) is 3.09. The van der Waals surface area contributed by atoms with Crippen molar-refractivity contribution in [3.63, 3.8) is 0 Å². The molecule has 0 bridgehead atoms. The van der Waals surface area contributed by atoms with Crippen LogP contribution in [0, 0.1) is 0 Å². The molecule has 0 fully saturated rings. The van der Waals surface area contributed by atoms with Gasteiger partial charge in [-0.25, -0.2) is 0 Å². The molecule has 0 N–H and O–H groups in total. The van der Waals surface area contributed by atoms with Gasteiger partial charge in [-0.2, -0.15) is 0 Å². The van der Waals surface area contributed by atoms with Crippen molar-refractivity contribution in [2.45, 2.75) is 0 Å². The molecule has 46 valence electrons. The van der Waals surface area contributed by atoms with Gasteiger partial charge in [0.1, 0.15) is 0 Å². The van der Waals surface area contributed by atoms with Crippen LogP contribution in [0.1, 0.15) is 5.56 Å². The molecule has 1 rings (SSSR count). The molecule has 0 unspecified atom stereocenters. The first-order chi connectivity index (χ1) is 4.33. The van der Waals surface area contributed by atoms with Crippen LogP contribution in [0.2, 0.25) is 0 Å². The maximum atomic E-state index is 3.65. The third-order valence-corrected chi connectivity index (χ3v) is 1.58. The molecule has 0 amide bonds. The van der Waals surface area contributed by atoms with Crippen LogP contribution in [0.25, 0.3) is 6.08 Å². The van der Waals surface area contributed by atoms with Gasteiger partial charge in [0.2, 0.25) is 0 Å². The Balaban J connectivity index is 3.07. The first kappa shape index (κ1) is 6.56. The molecule has 0 saturated heterocycles. The third-order valence-electron chi connectivity index (χ3n) is 1.08. The molecule has 0 atom stereocenters. The minimum Gasteiger partial charge on any atom is -0.0985 e. The van der Waals surface area contributed by atoms with Gasteiger partial charge in [-0.05, 0) is 17.7 Å². The van der Waals surface area contributed by atoms with Gasteiger partial charge < -0.3 is 0 Å². The number of rotatable bonds is 1. The monoisotopic (exact) mass is 182 g/mol. The summed E-state index contributed by atoms with van der Waals surface area (Å²) in [6.45, 7) is 3.65. The van der Waals surface area contributed by atoms with Gasteiger partial charge in [0, 0.05) is 4.47 Å². The molecule has 0 aliphatic carbocycles. The van der Waals surface area contributed by atoms with Crippen LogP contribution in [0.3, 0.4) is 0 Å². The first-order valence-corrected chi connectivity index (χ1v) is 3.50. The summed E-state index contributed by atoms with van der Waals surface area (Å²) in [6.07, 6.45) is 1.82. The Morgan fingerprint density at radius 3 is 2.67 bits per heavy atom. The van der Waals surface area contributed by atoms with E-state index in [0.29, 0.717) is 0 Å². The lowest BCUT2D eigenvalue weighted by Gasteiger charge is -1.90. The highest BCUT2D eigenvalue weighted by Gasteiger charge is 1.84. The second kappa shape index (κ2) is 2.83. The molecule has 0 aliphatic heterocycles. The number of hydrogen-bond donors (Lipinski definition) is 0. The van der Waals surface area contributed by atoms with E-state index >= 15 is 0 Å². The van der Waals surface area contributed by atoms with E-state index in [9.17, 15) is 0 Å². The van der Waals surface area contributed by atoms with Crippen LogP contribution in [-0.4, -0.2) is 0 Å². The van der Waals surface area contributed by atoms with Crippen molar-refractivity contribution >= 4 is 22.0 Å². The Morgan fingerprint density at radius 1 is 1.44 bits per heavy atom. The van der Waals surface area contributed by atoms with Crippen molar-refractivity contribution in [2.75, 3.05) is 0 Å². The molecule has 0 aliphatic rings. The van der Waals surface area contributed by atoms with E-state index in [0.717, 1.165) is 10.0 Å². The Morgan fingerprint density at radius 2 is 2.22 bits per heavy atom. The molecule has 0 saturated carbocycles. The highest BCUT2D eigenvalue weighted by Crippen LogP contribution is 2.11. The van der Waals surface area contributed by atoms with Crippen molar-refractivity contribution in [3.05, 3.63) is 40.9 Å². The Labute approximate surface area is 63.3 Å². The predicted molar refractivity (Wildman–Crippen MR) is 44.2 cm³/mol. The van der Waals surface area contributed by atoms with Crippen molar-refractivity contribution in [3.8, 4) is 0 Å². The number of benzene rings is 1. The quantitative estimate of drug-likeness (QED) is 0.627. The van der Waals surface area contributed by atoms with Crippen molar-refractivity contribution in [2.24, 2.45) is 0 Å². The van der Waals surface area contributed by atoms with Crippen LogP contribution in [0.4, 0.5) is 0 Å². The van der Waals surface area contributed by atoms with Gasteiger partial charge in [-0.15, -0.1) is 0 Å². The summed E-state index contributed by atoms with van der Waals surface area (Å²) in [5, 5.41) is 0. The first-order valence-electron chi connectivity index (χ1n) is 2.71. The lowest BCUT2D eigenvalue weighted by molar-refractivity contribution is 1.61. The fourth-order valence-electron chi connectivity index (χ4n) is 0.634. The Bertz CT molecular complexity index is 216. The Hall–Kier alpha value is -0.560. The maximum absolute atomic E-state index is 3.65. The zero-order valence-electron chi connectivity index (χ0n) is 4.97. The number of halogens is 1. The summed E-state index contributed by atoms with van der Waals surface area (Å²) in [6, 6.07) is 8.01. The topological polar surface area (TPSA) is 0 Å².